The molecule has 0 bridgehead atoms. The predicted octanol–water partition coefficient (Wildman–Crippen LogP) is 6.74. The normalized spacial score (nSPS) is 11.7. The van der Waals surface area contributed by atoms with Crippen molar-refractivity contribution in [2.45, 2.75) is 12.8 Å². The lowest BCUT2D eigenvalue weighted by Gasteiger charge is -2.13. The van der Waals surface area contributed by atoms with Crippen molar-refractivity contribution >= 4 is 58.0 Å². The van der Waals surface area contributed by atoms with Gasteiger partial charge in [-0.15, -0.1) is 0 Å². The molecular weight excluding hydrogens is 483 g/mol. The van der Waals surface area contributed by atoms with Gasteiger partial charge in [0.1, 0.15) is 5.82 Å². The van der Waals surface area contributed by atoms with Crippen LogP contribution in [0.2, 0.25) is 10.0 Å². The van der Waals surface area contributed by atoms with Crippen LogP contribution in [0.1, 0.15) is 18.4 Å². The molecule has 4 aromatic rings. The number of halogens is 2. The number of nitrogens with one attached hydrogen (secondary N) is 2. The van der Waals surface area contributed by atoms with Gasteiger partial charge < -0.3 is 10.4 Å². The maximum absolute atomic E-state index is 12.7. The largest absolute Gasteiger partial charge is 0.481 e. The fraction of sp³-hybridized carbons (Fsp3) is 0.0870. The van der Waals surface area contributed by atoms with E-state index < -0.39 is 17.9 Å². The van der Waals surface area contributed by atoms with E-state index in [1.807, 2.05) is 16.8 Å². The lowest BCUT2D eigenvalue weighted by atomic mass is 10.0. The number of rotatable bonds is 6. The summed E-state index contributed by atoms with van der Waals surface area (Å²) in [6.45, 7) is 1.61. The molecule has 0 aliphatic heterocycles. The van der Waals surface area contributed by atoms with Gasteiger partial charge in [-0.2, -0.15) is 16.4 Å². The zero-order valence-electron chi connectivity index (χ0n) is 17.3. The molecule has 0 saturated carbocycles. The van der Waals surface area contributed by atoms with Crippen molar-refractivity contribution in [3.05, 3.63) is 81.0 Å². The molecule has 2 aromatic carbocycles. The molecule has 2 heterocycles. The highest BCUT2D eigenvalue weighted by molar-refractivity contribution is 7.08. The lowest BCUT2D eigenvalue weighted by molar-refractivity contribution is -0.138. The number of thiophene rings is 1. The number of carboxylic acids is 1. The summed E-state index contributed by atoms with van der Waals surface area (Å²) in [7, 11) is 0. The topological polar surface area (TPSA) is 96.2 Å². The number of carbonyl (C=O) groups excluding carboxylic acids is 1. The second-order valence-electron chi connectivity index (χ2n) is 7.17. The van der Waals surface area contributed by atoms with Gasteiger partial charge >= 0.3 is 12.0 Å². The molecule has 0 aliphatic rings. The number of aliphatic carboxylic acids is 1. The summed E-state index contributed by atoms with van der Waals surface area (Å²) in [6, 6.07) is 15.1. The van der Waals surface area contributed by atoms with Crippen LogP contribution in [0.15, 0.2) is 65.4 Å². The molecule has 0 fully saturated rings. The number of hydrogen-bond acceptors (Lipinski definition) is 4. The summed E-state index contributed by atoms with van der Waals surface area (Å²) in [5, 5.41) is 23.9. The molecular formula is C23H18Cl2N4O3S. The Morgan fingerprint density at radius 3 is 2.61 bits per heavy atom. The van der Waals surface area contributed by atoms with E-state index in [-0.39, 0.29) is 5.02 Å². The van der Waals surface area contributed by atoms with Crippen LogP contribution in [0.3, 0.4) is 0 Å². The molecule has 0 aliphatic carbocycles. The minimum atomic E-state index is -0.928. The first-order valence-corrected chi connectivity index (χ1v) is 11.5. The molecule has 168 valence electrons. The van der Waals surface area contributed by atoms with Gasteiger partial charge in [0.05, 0.1) is 33.0 Å². The zero-order chi connectivity index (χ0) is 23.5. The molecule has 10 heteroatoms. The standard InChI is InChI=1S/C23H18Cl2N4O3S/c1-13(22(30)31)14-4-2-5-16(10-14)29-20(11-19(28-29)15-8-9-33-12-15)27-23(32)26-18-7-3-6-17(24)21(18)25/h2-13H,1H3,(H,30,31)(H2,26,27,32). The number of nitrogens with zero attached hydrogens (tertiary/aromatic N) is 2. The highest BCUT2D eigenvalue weighted by atomic mass is 35.5. The van der Waals surface area contributed by atoms with E-state index in [1.165, 1.54) is 11.3 Å². The van der Waals surface area contributed by atoms with Crippen LogP contribution in [0.25, 0.3) is 16.9 Å². The Hall–Kier alpha value is -3.33. The average Bonchev–Trinajstić information content (AvgIpc) is 3.46. The second kappa shape index (κ2) is 9.66. The van der Waals surface area contributed by atoms with Gasteiger partial charge in [-0.05, 0) is 48.2 Å². The van der Waals surface area contributed by atoms with Gasteiger partial charge in [-0.25, -0.2) is 9.48 Å². The molecule has 0 radical (unpaired) electrons. The van der Waals surface area contributed by atoms with Gasteiger partial charge in [0, 0.05) is 17.0 Å². The molecule has 1 atom stereocenters. The Bertz CT molecular complexity index is 1320. The van der Waals surface area contributed by atoms with Crippen molar-refractivity contribution in [1.82, 2.24) is 9.78 Å². The Labute approximate surface area is 203 Å². The van der Waals surface area contributed by atoms with E-state index in [1.54, 1.807) is 60.1 Å². The summed E-state index contributed by atoms with van der Waals surface area (Å²) < 4.78 is 1.56. The van der Waals surface area contributed by atoms with Crippen LogP contribution in [0.5, 0.6) is 0 Å². The van der Waals surface area contributed by atoms with Crippen LogP contribution in [-0.2, 0) is 4.79 Å². The van der Waals surface area contributed by atoms with Crippen LogP contribution in [-0.4, -0.2) is 26.9 Å². The van der Waals surface area contributed by atoms with Gasteiger partial charge in [-0.1, -0.05) is 41.4 Å². The fourth-order valence-electron chi connectivity index (χ4n) is 3.16. The fourth-order valence-corrected chi connectivity index (χ4v) is 4.15. The monoisotopic (exact) mass is 500 g/mol. The molecule has 0 spiro atoms. The Morgan fingerprint density at radius 2 is 1.88 bits per heavy atom. The zero-order valence-corrected chi connectivity index (χ0v) is 19.6. The number of amides is 2. The molecule has 33 heavy (non-hydrogen) atoms. The molecule has 3 N–H and O–H groups in total. The maximum Gasteiger partial charge on any atom is 0.324 e. The number of benzene rings is 2. The van der Waals surface area contributed by atoms with E-state index in [0.29, 0.717) is 33.5 Å². The third-order valence-corrected chi connectivity index (χ3v) is 6.46. The number of urea groups is 1. The first-order chi connectivity index (χ1) is 15.8. The number of aromatic nitrogens is 2. The van der Waals surface area contributed by atoms with E-state index in [0.717, 1.165) is 5.56 Å². The smallest absolute Gasteiger partial charge is 0.324 e. The van der Waals surface area contributed by atoms with Gasteiger partial charge in [0.25, 0.3) is 0 Å². The molecule has 7 nitrogen and oxygen atoms in total. The van der Waals surface area contributed by atoms with Crippen LogP contribution in [0.4, 0.5) is 16.3 Å². The molecule has 1 unspecified atom stereocenters. The van der Waals surface area contributed by atoms with E-state index in [2.05, 4.69) is 15.7 Å². The van der Waals surface area contributed by atoms with Crippen molar-refractivity contribution in [2.24, 2.45) is 0 Å². The van der Waals surface area contributed by atoms with Gasteiger partial charge in [0.2, 0.25) is 0 Å². The minimum absolute atomic E-state index is 0.233. The van der Waals surface area contributed by atoms with E-state index in [9.17, 15) is 14.7 Å². The van der Waals surface area contributed by atoms with Gasteiger partial charge in [0.15, 0.2) is 0 Å². The third kappa shape index (κ3) is 5.03. The van der Waals surface area contributed by atoms with Gasteiger partial charge in [-0.3, -0.25) is 10.1 Å². The summed E-state index contributed by atoms with van der Waals surface area (Å²) in [4.78, 5) is 24.2. The van der Waals surface area contributed by atoms with E-state index >= 15 is 0 Å². The molecule has 4 rings (SSSR count). The van der Waals surface area contributed by atoms with E-state index in [4.69, 9.17) is 23.2 Å². The third-order valence-electron chi connectivity index (χ3n) is 4.95. The highest BCUT2D eigenvalue weighted by Crippen LogP contribution is 2.31. The first-order valence-electron chi connectivity index (χ1n) is 9.81. The Kier molecular flexibility index (Phi) is 6.69. The minimum Gasteiger partial charge on any atom is -0.481 e. The predicted molar refractivity (Wildman–Crippen MR) is 132 cm³/mol. The second-order valence-corrected chi connectivity index (χ2v) is 8.74. The Balaban J connectivity index is 1.69. The summed E-state index contributed by atoms with van der Waals surface area (Å²) >= 11 is 13.7. The summed E-state index contributed by atoms with van der Waals surface area (Å²) in [5.41, 5.74) is 3.15. The highest BCUT2D eigenvalue weighted by Gasteiger charge is 2.18. The lowest BCUT2D eigenvalue weighted by Crippen LogP contribution is -2.21. The van der Waals surface area contributed by atoms with Crippen molar-refractivity contribution in [3.63, 3.8) is 0 Å². The van der Waals surface area contributed by atoms with Crippen molar-refractivity contribution in [1.29, 1.82) is 0 Å². The number of anilines is 2. The number of hydrogen-bond donors (Lipinski definition) is 3. The maximum atomic E-state index is 12.7. The van der Waals surface area contributed by atoms with Crippen LogP contribution >= 0.6 is 34.5 Å². The summed E-state index contributed by atoms with van der Waals surface area (Å²) in [5.74, 6) is -1.23. The molecule has 0 saturated heterocycles. The van der Waals surface area contributed by atoms with Crippen LogP contribution < -0.4 is 10.6 Å². The molecule has 2 aromatic heterocycles. The molecule has 2 amide bonds. The number of carboxylic acid groups (broad SMARTS) is 1. The average molecular weight is 501 g/mol. The Morgan fingerprint density at radius 1 is 1.09 bits per heavy atom. The van der Waals surface area contributed by atoms with Crippen molar-refractivity contribution in [2.75, 3.05) is 10.6 Å². The van der Waals surface area contributed by atoms with Crippen molar-refractivity contribution in [3.8, 4) is 16.9 Å². The first kappa shape index (κ1) is 22.8. The van der Waals surface area contributed by atoms with Crippen LogP contribution in [0, 0.1) is 0 Å². The quantitative estimate of drug-likeness (QED) is 0.273. The van der Waals surface area contributed by atoms with Crippen molar-refractivity contribution < 1.29 is 14.7 Å². The number of carbonyl (C=O) groups is 2. The summed E-state index contributed by atoms with van der Waals surface area (Å²) in [6.07, 6.45) is 0. The SMILES string of the molecule is CC(C(=O)O)c1cccc(-n2nc(-c3ccsc3)cc2NC(=O)Nc2cccc(Cl)c2Cl)c1.